The minimum atomic E-state index is -0.537. The lowest BCUT2D eigenvalue weighted by atomic mass is 9.98. The molecular formula is C29H31N5O3. The van der Waals surface area contributed by atoms with Crippen molar-refractivity contribution in [1.82, 2.24) is 24.0 Å². The normalized spacial score (nSPS) is 18.8. The maximum Gasteiger partial charge on any atom is 0.411 e. The Kier molecular flexibility index (Phi) is 5.26. The number of carbonyl (C=O) groups is 1. The van der Waals surface area contributed by atoms with Gasteiger partial charge in [0.1, 0.15) is 17.1 Å². The molecule has 2 bridgehead atoms. The molecule has 1 amide bonds. The Morgan fingerprint density at radius 2 is 1.92 bits per heavy atom. The van der Waals surface area contributed by atoms with Crippen LogP contribution in [0.1, 0.15) is 56.5 Å². The number of hydrogen-bond donors (Lipinski definition) is 0. The van der Waals surface area contributed by atoms with Gasteiger partial charge >= 0.3 is 6.09 Å². The van der Waals surface area contributed by atoms with Crippen LogP contribution in [-0.2, 0) is 18.2 Å². The van der Waals surface area contributed by atoms with Gasteiger partial charge in [-0.3, -0.25) is 19.2 Å². The molecule has 0 aromatic carbocycles. The van der Waals surface area contributed by atoms with Gasteiger partial charge in [-0.05, 0) is 70.4 Å². The van der Waals surface area contributed by atoms with Crippen LogP contribution >= 0.6 is 0 Å². The van der Waals surface area contributed by atoms with Crippen LogP contribution in [0.5, 0.6) is 0 Å². The molecule has 4 aromatic heterocycles. The van der Waals surface area contributed by atoms with Crippen LogP contribution in [0.25, 0.3) is 28.1 Å². The molecule has 6 heterocycles. The first-order valence-corrected chi connectivity index (χ1v) is 12.8. The number of aromatic nitrogens is 4. The van der Waals surface area contributed by atoms with E-state index < -0.39 is 5.60 Å². The summed E-state index contributed by atoms with van der Waals surface area (Å²) in [6.07, 6.45) is 5.94. The third-order valence-electron chi connectivity index (χ3n) is 7.43. The van der Waals surface area contributed by atoms with Crippen molar-refractivity contribution in [3.8, 4) is 17.1 Å². The highest BCUT2D eigenvalue weighted by Gasteiger charge is 2.46. The molecule has 0 saturated carbocycles. The molecule has 6 rings (SSSR count). The fraction of sp³-hybridized carbons (Fsp3) is 0.379. The second-order valence-corrected chi connectivity index (χ2v) is 11.1. The summed E-state index contributed by atoms with van der Waals surface area (Å²) in [5.41, 5.74) is 5.08. The van der Waals surface area contributed by atoms with Crippen LogP contribution < -0.4 is 5.56 Å². The van der Waals surface area contributed by atoms with Crippen molar-refractivity contribution in [2.45, 2.75) is 64.6 Å². The van der Waals surface area contributed by atoms with Gasteiger partial charge in [-0.15, -0.1) is 0 Å². The lowest BCUT2D eigenvalue weighted by Crippen LogP contribution is -2.44. The zero-order valence-corrected chi connectivity index (χ0v) is 21.9. The topological polar surface area (TPSA) is 82.3 Å². The van der Waals surface area contributed by atoms with Crippen LogP contribution in [-0.4, -0.2) is 41.7 Å². The quantitative estimate of drug-likeness (QED) is 0.385. The van der Waals surface area contributed by atoms with E-state index in [0.717, 1.165) is 52.7 Å². The van der Waals surface area contributed by atoms with Gasteiger partial charge in [0.2, 0.25) is 0 Å². The Balaban J connectivity index is 1.38. The summed E-state index contributed by atoms with van der Waals surface area (Å²) >= 11 is 0. The predicted molar refractivity (Wildman–Crippen MR) is 142 cm³/mol. The molecule has 4 aromatic rings. The molecule has 8 nitrogen and oxygen atoms in total. The molecule has 0 aliphatic carbocycles. The number of hydrogen-bond acceptors (Lipinski definition) is 5. The number of rotatable bonds is 2. The molecule has 37 heavy (non-hydrogen) atoms. The zero-order valence-electron chi connectivity index (χ0n) is 21.9. The number of amides is 1. The highest BCUT2D eigenvalue weighted by atomic mass is 16.6. The largest absolute Gasteiger partial charge is 0.444 e. The van der Waals surface area contributed by atoms with Crippen LogP contribution in [0.15, 0.2) is 53.6 Å². The number of pyridine rings is 3. The summed E-state index contributed by atoms with van der Waals surface area (Å²) in [4.78, 5) is 37.4. The maximum atomic E-state index is 13.1. The lowest BCUT2D eigenvalue weighted by molar-refractivity contribution is 0.0124. The average molecular weight is 498 g/mol. The van der Waals surface area contributed by atoms with E-state index in [2.05, 4.69) is 9.55 Å². The van der Waals surface area contributed by atoms with E-state index in [9.17, 15) is 9.59 Å². The van der Waals surface area contributed by atoms with Gasteiger partial charge < -0.3 is 9.30 Å². The van der Waals surface area contributed by atoms with E-state index in [1.807, 2.05) is 70.0 Å². The first kappa shape index (κ1) is 23.5. The van der Waals surface area contributed by atoms with E-state index >= 15 is 0 Å². The van der Waals surface area contributed by atoms with Gasteiger partial charge in [0.15, 0.2) is 0 Å². The van der Waals surface area contributed by atoms with Crippen molar-refractivity contribution in [3.05, 3.63) is 76.0 Å². The summed E-state index contributed by atoms with van der Waals surface area (Å²) in [6.45, 7) is 7.68. The number of aryl methyl sites for hydroxylation is 2. The second kappa shape index (κ2) is 8.30. The fourth-order valence-electron chi connectivity index (χ4n) is 5.77. The predicted octanol–water partition coefficient (Wildman–Crippen LogP) is 5.09. The van der Waals surface area contributed by atoms with Gasteiger partial charge in [0.05, 0.1) is 11.7 Å². The van der Waals surface area contributed by atoms with E-state index in [1.54, 1.807) is 23.0 Å². The second-order valence-electron chi connectivity index (χ2n) is 11.1. The lowest BCUT2D eigenvalue weighted by Gasteiger charge is -2.36. The summed E-state index contributed by atoms with van der Waals surface area (Å²) in [7, 11) is 2.02. The Morgan fingerprint density at radius 3 is 2.62 bits per heavy atom. The standard InChI is InChI=1S/C29H31N5O3/c1-17-6-9-21(30-16-17)18-12-13-33(25(35)14-18)24-11-8-20-26-22-10-7-19(15-23(26)32(5)27(20)31-24)34(22)28(36)37-29(2,3)4/h6,8-9,11-14,16,19,22H,7,10,15H2,1-5H3. The number of ether oxygens (including phenoxy) is 1. The molecule has 8 heteroatoms. The molecule has 1 fully saturated rings. The molecule has 2 aliphatic heterocycles. The van der Waals surface area contributed by atoms with Crippen LogP contribution in [0.4, 0.5) is 4.79 Å². The number of carbonyl (C=O) groups excluding carboxylic acids is 1. The molecule has 0 N–H and O–H groups in total. The summed E-state index contributed by atoms with van der Waals surface area (Å²) in [5, 5.41) is 1.02. The van der Waals surface area contributed by atoms with Gasteiger partial charge in [0.25, 0.3) is 5.56 Å². The van der Waals surface area contributed by atoms with Crippen molar-refractivity contribution in [2.24, 2.45) is 7.05 Å². The van der Waals surface area contributed by atoms with Crippen molar-refractivity contribution in [3.63, 3.8) is 0 Å². The Hall–Kier alpha value is -3.94. The van der Waals surface area contributed by atoms with Gasteiger partial charge in [0, 0.05) is 60.2 Å². The van der Waals surface area contributed by atoms with E-state index in [4.69, 9.17) is 9.72 Å². The summed E-state index contributed by atoms with van der Waals surface area (Å²) in [6, 6.07) is 11.4. The molecule has 1 saturated heterocycles. The third kappa shape index (κ3) is 3.91. The van der Waals surface area contributed by atoms with Crippen molar-refractivity contribution in [1.29, 1.82) is 0 Å². The first-order valence-electron chi connectivity index (χ1n) is 12.8. The van der Waals surface area contributed by atoms with Crippen molar-refractivity contribution >= 4 is 17.1 Å². The Labute approximate surface area is 215 Å². The monoisotopic (exact) mass is 497 g/mol. The van der Waals surface area contributed by atoms with Crippen molar-refractivity contribution < 1.29 is 9.53 Å². The Bertz CT molecular complexity index is 1590. The van der Waals surface area contributed by atoms with Crippen LogP contribution in [0.2, 0.25) is 0 Å². The Morgan fingerprint density at radius 1 is 1.11 bits per heavy atom. The van der Waals surface area contributed by atoms with E-state index in [1.165, 1.54) is 5.69 Å². The smallest absolute Gasteiger partial charge is 0.411 e. The SMILES string of the molecule is Cc1ccc(-c2ccn(-c3ccc4c5c(n(C)c4n3)CC3CCC5N3C(=O)OC(C)(C)C)c(=O)c2)nc1. The molecular weight excluding hydrogens is 466 g/mol. The maximum absolute atomic E-state index is 13.1. The fourth-order valence-corrected chi connectivity index (χ4v) is 5.77. The number of fused-ring (bicyclic) bond motifs is 6. The molecule has 190 valence electrons. The third-order valence-corrected chi connectivity index (χ3v) is 7.43. The van der Waals surface area contributed by atoms with E-state index in [-0.39, 0.29) is 23.7 Å². The van der Waals surface area contributed by atoms with Gasteiger partial charge in [-0.25, -0.2) is 9.78 Å². The van der Waals surface area contributed by atoms with Crippen LogP contribution in [0.3, 0.4) is 0 Å². The van der Waals surface area contributed by atoms with Crippen molar-refractivity contribution in [2.75, 3.05) is 0 Å². The zero-order chi connectivity index (χ0) is 26.1. The molecule has 2 atom stereocenters. The minimum Gasteiger partial charge on any atom is -0.444 e. The highest BCUT2D eigenvalue weighted by Crippen LogP contribution is 2.47. The molecule has 2 unspecified atom stereocenters. The molecule has 2 aliphatic rings. The van der Waals surface area contributed by atoms with Gasteiger partial charge in [-0.2, -0.15) is 0 Å². The summed E-state index contributed by atoms with van der Waals surface area (Å²) in [5.74, 6) is 0.563. The summed E-state index contributed by atoms with van der Waals surface area (Å²) < 4.78 is 9.44. The highest BCUT2D eigenvalue weighted by molar-refractivity contribution is 5.85. The molecule has 0 radical (unpaired) electrons. The first-order chi connectivity index (χ1) is 17.6. The molecule has 0 spiro atoms. The van der Waals surface area contributed by atoms with E-state index in [0.29, 0.717) is 5.82 Å². The minimum absolute atomic E-state index is 0.0241. The average Bonchev–Trinajstić information content (AvgIpc) is 3.31. The van der Waals surface area contributed by atoms with Crippen LogP contribution in [0, 0.1) is 6.92 Å². The van der Waals surface area contributed by atoms with Gasteiger partial charge in [-0.1, -0.05) is 6.07 Å². The number of nitrogens with zero attached hydrogens (tertiary/aromatic N) is 5.